The number of benzene rings is 2. The Bertz CT molecular complexity index is 701. The summed E-state index contributed by atoms with van der Waals surface area (Å²) in [5, 5.41) is 16.0. The first kappa shape index (κ1) is 14.2. The van der Waals surface area contributed by atoms with Crippen molar-refractivity contribution in [3.05, 3.63) is 65.7 Å². The molecule has 0 saturated carbocycles. The summed E-state index contributed by atoms with van der Waals surface area (Å²) in [4.78, 5) is 0. The van der Waals surface area contributed by atoms with E-state index < -0.39 is 0 Å². The van der Waals surface area contributed by atoms with Crippen LogP contribution in [-0.4, -0.2) is 24.4 Å². The second-order valence-corrected chi connectivity index (χ2v) is 5.13. The predicted octanol–water partition coefficient (Wildman–Crippen LogP) is 3.37. The number of hydrogen-bond donors (Lipinski definition) is 0. The molecule has 0 N–H and O–H groups in total. The van der Waals surface area contributed by atoms with Crippen LogP contribution in [0.25, 0.3) is 0 Å². The van der Waals surface area contributed by atoms with Crippen LogP contribution in [0.2, 0.25) is 0 Å². The van der Waals surface area contributed by atoms with E-state index >= 15 is 0 Å². The molecule has 0 radical (unpaired) electrons. The molecule has 0 bridgehead atoms. The molecule has 1 atom stereocenters. The molecule has 0 spiro atoms. The minimum atomic E-state index is -0.368. The molecule has 0 amide bonds. The summed E-state index contributed by atoms with van der Waals surface area (Å²) in [5.74, 6) is 0.787. The summed E-state index contributed by atoms with van der Waals surface area (Å²) in [6, 6.07) is 19.7. The molecule has 1 heterocycles. The monoisotopic (exact) mass is 291 g/mol. The van der Waals surface area contributed by atoms with Crippen LogP contribution in [0.15, 0.2) is 59.7 Å². The first-order valence-electron chi connectivity index (χ1n) is 7.25. The molecule has 3 rings (SSSR count). The molecule has 0 unspecified atom stereocenters. The van der Waals surface area contributed by atoms with Crippen molar-refractivity contribution in [2.75, 3.05) is 13.7 Å². The van der Waals surface area contributed by atoms with E-state index in [9.17, 15) is 5.26 Å². The third-order valence-electron chi connectivity index (χ3n) is 3.79. The molecule has 4 heteroatoms. The lowest BCUT2D eigenvalue weighted by Crippen LogP contribution is -2.20. The van der Waals surface area contributed by atoms with E-state index in [0.717, 1.165) is 35.6 Å². The van der Waals surface area contributed by atoms with Gasteiger partial charge < -0.3 is 4.74 Å². The second-order valence-electron chi connectivity index (χ2n) is 5.13. The maximum atomic E-state index is 9.53. The summed E-state index contributed by atoms with van der Waals surface area (Å²) in [7, 11) is 1.63. The van der Waals surface area contributed by atoms with Gasteiger partial charge in [-0.25, -0.2) is 0 Å². The molecule has 0 saturated heterocycles. The van der Waals surface area contributed by atoms with Crippen LogP contribution in [-0.2, 0) is 0 Å². The number of hydrogen-bond acceptors (Lipinski definition) is 4. The van der Waals surface area contributed by atoms with Gasteiger partial charge in [0.05, 0.1) is 18.9 Å². The topological polar surface area (TPSA) is 48.6 Å². The summed E-state index contributed by atoms with van der Waals surface area (Å²) >= 11 is 0. The van der Waals surface area contributed by atoms with Crippen molar-refractivity contribution in [3.63, 3.8) is 0 Å². The van der Waals surface area contributed by atoms with Crippen molar-refractivity contribution >= 4 is 5.71 Å². The fraction of sp³-hybridized carbons (Fsp3) is 0.222. The predicted molar refractivity (Wildman–Crippen MR) is 85.7 cm³/mol. The standard InChI is InChI=1S/C18H17N3O/c1-22-16-9-7-15(8-10-16)18(13-19)21-12-11-17(20-21)14-5-3-2-4-6-14/h2-10,18H,11-12H2,1H3/t18-/m1/s1. The first-order chi connectivity index (χ1) is 10.8. The lowest BCUT2D eigenvalue weighted by atomic mass is 10.1. The van der Waals surface area contributed by atoms with Crippen LogP contribution in [0.5, 0.6) is 5.75 Å². The smallest absolute Gasteiger partial charge is 0.158 e. The van der Waals surface area contributed by atoms with Crippen molar-refractivity contribution in [3.8, 4) is 11.8 Å². The highest BCUT2D eigenvalue weighted by molar-refractivity contribution is 6.01. The van der Waals surface area contributed by atoms with Crippen LogP contribution in [0.3, 0.4) is 0 Å². The fourth-order valence-corrected chi connectivity index (χ4v) is 2.59. The summed E-state index contributed by atoms with van der Waals surface area (Å²) in [6.07, 6.45) is 0.859. The quantitative estimate of drug-likeness (QED) is 0.867. The molecule has 0 aliphatic carbocycles. The van der Waals surface area contributed by atoms with Gasteiger partial charge in [-0.3, -0.25) is 5.01 Å². The van der Waals surface area contributed by atoms with Gasteiger partial charge in [0, 0.05) is 13.0 Å². The van der Waals surface area contributed by atoms with E-state index in [1.807, 2.05) is 47.5 Å². The van der Waals surface area contributed by atoms with Crippen LogP contribution in [0, 0.1) is 11.3 Å². The zero-order chi connectivity index (χ0) is 15.4. The zero-order valence-corrected chi connectivity index (χ0v) is 12.4. The Labute approximate surface area is 130 Å². The van der Waals surface area contributed by atoms with Gasteiger partial charge >= 0.3 is 0 Å². The molecule has 1 aliphatic heterocycles. The van der Waals surface area contributed by atoms with Gasteiger partial charge in [0.2, 0.25) is 0 Å². The maximum absolute atomic E-state index is 9.53. The number of methoxy groups -OCH3 is 1. The number of rotatable bonds is 4. The minimum Gasteiger partial charge on any atom is -0.497 e. The first-order valence-corrected chi connectivity index (χ1v) is 7.25. The average Bonchev–Trinajstić information content (AvgIpc) is 3.07. The van der Waals surface area contributed by atoms with Gasteiger partial charge in [0.25, 0.3) is 0 Å². The highest BCUT2D eigenvalue weighted by Crippen LogP contribution is 2.26. The molecular formula is C18H17N3O. The summed E-state index contributed by atoms with van der Waals surface area (Å²) in [5.41, 5.74) is 3.09. The molecule has 2 aromatic rings. The SMILES string of the molecule is COc1ccc([C@@H](C#N)N2CCC(c3ccccc3)=N2)cc1. The third kappa shape index (κ3) is 2.79. The van der Waals surface area contributed by atoms with Crippen molar-refractivity contribution in [1.82, 2.24) is 5.01 Å². The Balaban J connectivity index is 1.83. The summed E-state index contributed by atoms with van der Waals surface area (Å²) in [6.45, 7) is 0.758. The number of nitriles is 1. The van der Waals surface area contributed by atoms with E-state index in [4.69, 9.17) is 4.74 Å². The lowest BCUT2D eigenvalue weighted by Gasteiger charge is -2.20. The lowest BCUT2D eigenvalue weighted by molar-refractivity contribution is 0.274. The Morgan fingerprint density at radius 1 is 1.14 bits per heavy atom. The van der Waals surface area contributed by atoms with E-state index in [2.05, 4.69) is 23.3 Å². The van der Waals surface area contributed by atoms with Gasteiger partial charge in [-0.05, 0) is 23.3 Å². The molecule has 22 heavy (non-hydrogen) atoms. The molecule has 0 fully saturated rings. The Hall–Kier alpha value is -2.80. The van der Waals surface area contributed by atoms with Crippen LogP contribution in [0.4, 0.5) is 0 Å². The maximum Gasteiger partial charge on any atom is 0.158 e. The van der Waals surface area contributed by atoms with Gasteiger partial charge in [0.15, 0.2) is 6.04 Å². The van der Waals surface area contributed by atoms with Gasteiger partial charge in [-0.2, -0.15) is 10.4 Å². The van der Waals surface area contributed by atoms with E-state index in [-0.39, 0.29) is 6.04 Å². The molecule has 2 aromatic carbocycles. The minimum absolute atomic E-state index is 0.368. The van der Waals surface area contributed by atoms with Gasteiger partial charge in [-0.15, -0.1) is 0 Å². The highest BCUT2D eigenvalue weighted by atomic mass is 16.5. The molecular weight excluding hydrogens is 274 g/mol. The van der Waals surface area contributed by atoms with Crippen LogP contribution in [0.1, 0.15) is 23.6 Å². The number of nitrogens with zero attached hydrogens (tertiary/aromatic N) is 3. The van der Waals surface area contributed by atoms with Gasteiger partial charge in [0.1, 0.15) is 5.75 Å². The normalized spacial score (nSPS) is 15.1. The number of hydrazone groups is 1. The van der Waals surface area contributed by atoms with Crippen LogP contribution >= 0.6 is 0 Å². The second kappa shape index (κ2) is 6.31. The zero-order valence-electron chi connectivity index (χ0n) is 12.4. The van der Waals surface area contributed by atoms with Crippen molar-refractivity contribution in [2.24, 2.45) is 5.10 Å². The van der Waals surface area contributed by atoms with Crippen molar-refractivity contribution in [2.45, 2.75) is 12.5 Å². The summed E-state index contributed by atoms with van der Waals surface area (Å²) < 4.78 is 5.16. The molecule has 110 valence electrons. The average molecular weight is 291 g/mol. The Morgan fingerprint density at radius 3 is 2.50 bits per heavy atom. The molecule has 4 nitrogen and oxygen atoms in total. The Morgan fingerprint density at radius 2 is 1.86 bits per heavy atom. The highest BCUT2D eigenvalue weighted by Gasteiger charge is 2.24. The fourth-order valence-electron chi connectivity index (χ4n) is 2.59. The number of ether oxygens (including phenoxy) is 1. The van der Waals surface area contributed by atoms with Crippen molar-refractivity contribution < 1.29 is 4.74 Å². The largest absolute Gasteiger partial charge is 0.497 e. The molecule has 0 aromatic heterocycles. The van der Waals surface area contributed by atoms with E-state index in [0.29, 0.717) is 0 Å². The van der Waals surface area contributed by atoms with E-state index in [1.165, 1.54) is 0 Å². The molecule has 1 aliphatic rings. The van der Waals surface area contributed by atoms with E-state index in [1.54, 1.807) is 7.11 Å². The Kier molecular flexibility index (Phi) is 4.06. The van der Waals surface area contributed by atoms with Gasteiger partial charge in [-0.1, -0.05) is 42.5 Å². The van der Waals surface area contributed by atoms with Crippen molar-refractivity contribution in [1.29, 1.82) is 5.26 Å². The third-order valence-corrected chi connectivity index (χ3v) is 3.79. The van der Waals surface area contributed by atoms with Crippen LogP contribution < -0.4 is 4.74 Å².